The molecule has 20 heavy (non-hydrogen) atoms. The fraction of sp³-hybridized carbons (Fsp3) is 0. The third-order valence-corrected chi connectivity index (χ3v) is 3.29. The Kier molecular flexibility index (Phi) is 3.13. The first-order valence-electron chi connectivity index (χ1n) is 6.42. The van der Waals surface area contributed by atoms with E-state index < -0.39 is 0 Å². The number of aliphatic hydroxyl groups excluding tert-OH is 1. The lowest BCUT2D eigenvalue weighted by Gasteiger charge is -2.08. The zero-order chi connectivity index (χ0) is 13.9. The maximum atomic E-state index is 10.3. The van der Waals surface area contributed by atoms with Gasteiger partial charge in [-0.3, -0.25) is 0 Å². The van der Waals surface area contributed by atoms with Gasteiger partial charge in [0.1, 0.15) is 11.5 Å². The second kappa shape index (κ2) is 5.10. The van der Waals surface area contributed by atoms with Crippen molar-refractivity contribution in [3.8, 4) is 5.75 Å². The van der Waals surface area contributed by atoms with Crippen molar-refractivity contribution in [3.63, 3.8) is 0 Å². The number of allylic oxidation sites excluding steroid dienone is 7. The standard InChI is InChI=1S/C18H14O2/c19-16(11-9-13-5-1-2-6-13)18-15-8-4-3-7-14(15)10-12-17(18)20/h1-12,19-20H. The topological polar surface area (TPSA) is 40.5 Å². The van der Waals surface area contributed by atoms with Crippen LogP contribution in [-0.4, -0.2) is 10.2 Å². The number of benzene rings is 2. The molecular weight excluding hydrogens is 248 g/mol. The van der Waals surface area contributed by atoms with Crippen LogP contribution < -0.4 is 0 Å². The molecule has 0 unspecified atom stereocenters. The summed E-state index contributed by atoms with van der Waals surface area (Å²) in [5.41, 5.74) is 1.47. The Labute approximate surface area is 117 Å². The van der Waals surface area contributed by atoms with Crippen LogP contribution in [0.3, 0.4) is 0 Å². The zero-order valence-corrected chi connectivity index (χ0v) is 10.8. The summed E-state index contributed by atoms with van der Waals surface area (Å²) in [5.74, 6) is 0.133. The molecule has 0 amide bonds. The maximum Gasteiger partial charge on any atom is 0.127 e. The Morgan fingerprint density at radius 2 is 1.70 bits per heavy atom. The third-order valence-electron chi connectivity index (χ3n) is 3.29. The highest BCUT2D eigenvalue weighted by Crippen LogP contribution is 2.31. The monoisotopic (exact) mass is 262 g/mol. The zero-order valence-electron chi connectivity index (χ0n) is 10.8. The smallest absolute Gasteiger partial charge is 0.127 e. The lowest BCUT2D eigenvalue weighted by Crippen LogP contribution is -1.87. The molecule has 0 atom stereocenters. The van der Waals surface area contributed by atoms with Gasteiger partial charge in [-0.2, -0.15) is 0 Å². The Morgan fingerprint density at radius 1 is 0.950 bits per heavy atom. The van der Waals surface area contributed by atoms with Gasteiger partial charge in [0, 0.05) is 0 Å². The molecule has 1 aliphatic carbocycles. The van der Waals surface area contributed by atoms with E-state index >= 15 is 0 Å². The van der Waals surface area contributed by atoms with Gasteiger partial charge >= 0.3 is 0 Å². The summed E-state index contributed by atoms with van der Waals surface area (Å²) >= 11 is 0. The minimum atomic E-state index is 0.0560. The van der Waals surface area contributed by atoms with Crippen LogP contribution in [-0.2, 0) is 0 Å². The minimum Gasteiger partial charge on any atom is -0.507 e. The first kappa shape index (κ1) is 12.3. The molecule has 0 spiro atoms. The molecule has 2 N–H and O–H groups in total. The average molecular weight is 262 g/mol. The quantitative estimate of drug-likeness (QED) is 0.782. The highest BCUT2D eigenvalue weighted by Gasteiger charge is 2.10. The number of rotatable bonds is 2. The molecule has 2 nitrogen and oxygen atoms in total. The fourth-order valence-corrected chi connectivity index (χ4v) is 2.29. The summed E-state index contributed by atoms with van der Waals surface area (Å²) < 4.78 is 0. The van der Waals surface area contributed by atoms with Gasteiger partial charge in [-0.25, -0.2) is 0 Å². The van der Waals surface area contributed by atoms with Crippen LogP contribution in [0, 0.1) is 0 Å². The predicted octanol–water partition coefficient (Wildman–Crippen LogP) is 4.50. The molecule has 2 heteroatoms. The van der Waals surface area contributed by atoms with Crippen molar-refractivity contribution in [1.82, 2.24) is 0 Å². The molecule has 2 aromatic rings. The number of hydrogen-bond donors (Lipinski definition) is 2. The molecule has 0 fully saturated rings. The summed E-state index contributed by atoms with van der Waals surface area (Å²) in [6.45, 7) is 0. The van der Waals surface area contributed by atoms with Crippen LogP contribution >= 0.6 is 0 Å². The van der Waals surface area contributed by atoms with Gasteiger partial charge in [0.05, 0.1) is 5.56 Å². The molecule has 0 bridgehead atoms. The van der Waals surface area contributed by atoms with E-state index in [0.717, 1.165) is 16.3 Å². The average Bonchev–Trinajstić information content (AvgIpc) is 2.98. The van der Waals surface area contributed by atoms with Crippen molar-refractivity contribution < 1.29 is 10.2 Å². The van der Waals surface area contributed by atoms with E-state index in [1.54, 1.807) is 12.1 Å². The molecule has 3 rings (SSSR count). The highest BCUT2D eigenvalue weighted by molar-refractivity contribution is 5.95. The minimum absolute atomic E-state index is 0.0560. The molecule has 98 valence electrons. The SMILES string of the molecule is OC(=CC=C1C=CC=C1)c1c(O)ccc2ccccc12. The first-order chi connectivity index (χ1) is 9.75. The molecule has 2 aromatic carbocycles. The number of aliphatic hydroxyl groups is 1. The number of aromatic hydroxyl groups is 1. The van der Waals surface area contributed by atoms with E-state index in [-0.39, 0.29) is 11.5 Å². The van der Waals surface area contributed by atoms with E-state index in [4.69, 9.17) is 0 Å². The highest BCUT2D eigenvalue weighted by atomic mass is 16.3. The molecular formula is C18H14O2. The molecule has 0 saturated heterocycles. The lowest BCUT2D eigenvalue weighted by atomic mass is 10.0. The van der Waals surface area contributed by atoms with E-state index in [2.05, 4.69) is 0 Å². The summed E-state index contributed by atoms with van der Waals surface area (Å²) in [5, 5.41) is 22.1. The van der Waals surface area contributed by atoms with Gasteiger partial charge in [0.2, 0.25) is 0 Å². The van der Waals surface area contributed by atoms with Crippen molar-refractivity contribution in [1.29, 1.82) is 0 Å². The Morgan fingerprint density at radius 3 is 2.50 bits per heavy atom. The summed E-state index contributed by atoms with van der Waals surface area (Å²) in [4.78, 5) is 0. The Balaban J connectivity index is 2.11. The number of phenols is 1. The van der Waals surface area contributed by atoms with Gasteiger partial charge in [-0.15, -0.1) is 0 Å². The molecule has 0 aliphatic heterocycles. The van der Waals surface area contributed by atoms with Crippen LogP contribution in [0.4, 0.5) is 0 Å². The van der Waals surface area contributed by atoms with Crippen molar-refractivity contribution in [3.05, 3.63) is 84.0 Å². The van der Waals surface area contributed by atoms with Crippen molar-refractivity contribution in [2.75, 3.05) is 0 Å². The van der Waals surface area contributed by atoms with Crippen LogP contribution in [0.25, 0.3) is 16.5 Å². The van der Waals surface area contributed by atoms with E-state index in [0.29, 0.717) is 5.56 Å². The maximum absolute atomic E-state index is 10.3. The van der Waals surface area contributed by atoms with Crippen LogP contribution in [0.5, 0.6) is 5.75 Å². The summed E-state index contributed by atoms with van der Waals surface area (Å²) in [6.07, 6.45) is 11.2. The van der Waals surface area contributed by atoms with Gasteiger partial charge in [0.15, 0.2) is 0 Å². The molecule has 0 heterocycles. The largest absolute Gasteiger partial charge is 0.507 e. The van der Waals surface area contributed by atoms with Gasteiger partial charge < -0.3 is 10.2 Å². The molecule has 0 aromatic heterocycles. The number of phenolic OH excluding ortho intramolecular Hbond substituents is 1. The van der Waals surface area contributed by atoms with Crippen LogP contribution in [0.1, 0.15) is 5.56 Å². The van der Waals surface area contributed by atoms with Crippen molar-refractivity contribution in [2.24, 2.45) is 0 Å². The van der Waals surface area contributed by atoms with Crippen LogP contribution in [0.2, 0.25) is 0 Å². The predicted molar refractivity (Wildman–Crippen MR) is 82.6 cm³/mol. The molecule has 0 saturated carbocycles. The molecule has 1 aliphatic rings. The van der Waals surface area contributed by atoms with E-state index in [1.165, 1.54) is 0 Å². The second-order valence-corrected chi connectivity index (χ2v) is 4.62. The van der Waals surface area contributed by atoms with Crippen LogP contribution in [0.15, 0.2) is 78.4 Å². The Bertz CT molecular complexity index is 763. The third kappa shape index (κ3) is 2.24. The Hall–Kier alpha value is -2.74. The number of fused-ring (bicyclic) bond motifs is 1. The lowest BCUT2D eigenvalue weighted by molar-refractivity contribution is 0.462. The number of hydrogen-bond acceptors (Lipinski definition) is 2. The first-order valence-corrected chi connectivity index (χ1v) is 6.42. The van der Waals surface area contributed by atoms with E-state index in [1.807, 2.05) is 60.7 Å². The van der Waals surface area contributed by atoms with Gasteiger partial charge in [-0.1, -0.05) is 60.7 Å². The van der Waals surface area contributed by atoms with Gasteiger partial charge in [0.25, 0.3) is 0 Å². The van der Waals surface area contributed by atoms with Crippen molar-refractivity contribution in [2.45, 2.75) is 0 Å². The molecule has 0 radical (unpaired) electrons. The fourth-order valence-electron chi connectivity index (χ4n) is 2.29. The summed E-state index contributed by atoms with van der Waals surface area (Å²) in [7, 11) is 0. The second-order valence-electron chi connectivity index (χ2n) is 4.62. The summed E-state index contributed by atoms with van der Waals surface area (Å²) in [6, 6.07) is 11.1. The van der Waals surface area contributed by atoms with Crippen molar-refractivity contribution >= 4 is 16.5 Å². The van der Waals surface area contributed by atoms with Gasteiger partial charge in [-0.05, 0) is 28.5 Å². The normalized spacial score (nSPS) is 14.2. The van der Waals surface area contributed by atoms with E-state index in [9.17, 15) is 10.2 Å².